The van der Waals surface area contributed by atoms with Crippen molar-refractivity contribution in [2.45, 2.75) is 13.3 Å². The fourth-order valence-corrected chi connectivity index (χ4v) is 1.73. The number of aryl methyl sites for hydroxylation is 2. The molecule has 0 amide bonds. The Morgan fingerprint density at radius 2 is 1.93 bits per heavy atom. The Labute approximate surface area is 89.0 Å². The highest BCUT2D eigenvalue weighted by Crippen LogP contribution is 2.25. The molecule has 1 heterocycles. The van der Waals surface area contributed by atoms with Crippen molar-refractivity contribution in [3.8, 4) is 17.0 Å². The SMILES string of the molecule is CCc1cnn(C)c1-c1ccc(O)cc1. The highest BCUT2D eigenvalue weighted by molar-refractivity contribution is 5.64. The van der Waals surface area contributed by atoms with Crippen molar-refractivity contribution in [3.05, 3.63) is 36.0 Å². The van der Waals surface area contributed by atoms with Crippen molar-refractivity contribution in [1.82, 2.24) is 9.78 Å². The molecule has 0 atom stereocenters. The van der Waals surface area contributed by atoms with Gasteiger partial charge in [0.25, 0.3) is 0 Å². The summed E-state index contributed by atoms with van der Waals surface area (Å²) in [7, 11) is 1.93. The van der Waals surface area contributed by atoms with Crippen molar-refractivity contribution in [3.63, 3.8) is 0 Å². The fraction of sp³-hybridized carbons (Fsp3) is 0.250. The van der Waals surface area contributed by atoms with Crippen molar-refractivity contribution in [2.75, 3.05) is 0 Å². The Balaban J connectivity index is 2.52. The van der Waals surface area contributed by atoms with E-state index in [1.165, 1.54) is 5.56 Å². The van der Waals surface area contributed by atoms with Crippen LogP contribution in [0.1, 0.15) is 12.5 Å². The van der Waals surface area contributed by atoms with Gasteiger partial charge in [-0.15, -0.1) is 0 Å². The smallest absolute Gasteiger partial charge is 0.115 e. The predicted molar refractivity (Wildman–Crippen MR) is 59.7 cm³/mol. The van der Waals surface area contributed by atoms with Crippen LogP contribution in [0.4, 0.5) is 0 Å². The maximum absolute atomic E-state index is 9.23. The van der Waals surface area contributed by atoms with Crippen LogP contribution in [-0.2, 0) is 13.5 Å². The minimum atomic E-state index is 0.291. The first kappa shape index (κ1) is 9.77. The maximum Gasteiger partial charge on any atom is 0.115 e. The second-order valence-corrected chi connectivity index (χ2v) is 3.54. The molecule has 0 aliphatic carbocycles. The van der Waals surface area contributed by atoms with Gasteiger partial charge in [-0.05, 0) is 36.2 Å². The second-order valence-electron chi connectivity index (χ2n) is 3.54. The number of rotatable bonds is 2. The van der Waals surface area contributed by atoms with E-state index in [0.29, 0.717) is 5.75 Å². The van der Waals surface area contributed by atoms with Crippen molar-refractivity contribution in [2.24, 2.45) is 7.05 Å². The third kappa shape index (κ3) is 1.73. The number of benzene rings is 1. The minimum absolute atomic E-state index is 0.291. The molecule has 0 saturated heterocycles. The van der Waals surface area contributed by atoms with Gasteiger partial charge in [-0.25, -0.2) is 0 Å². The summed E-state index contributed by atoms with van der Waals surface area (Å²) in [6.07, 6.45) is 2.85. The Morgan fingerprint density at radius 3 is 2.53 bits per heavy atom. The quantitative estimate of drug-likeness (QED) is 0.811. The van der Waals surface area contributed by atoms with Crippen LogP contribution in [0.15, 0.2) is 30.5 Å². The summed E-state index contributed by atoms with van der Waals surface area (Å²) in [4.78, 5) is 0. The molecular formula is C12H14N2O. The molecule has 1 N–H and O–H groups in total. The van der Waals surface area contributed by atoms with E-state index in [2.05, 4.69) is 12.0 Å². The topological polar surface area (TPSA) is 38.0 Å². The molecule has 2 aromatic rings. The van der Waals surface area contributed by atoms with Crippen LogP contribution in [0.3, 0.4) is 0 Å². The number of aromatic nitrogens is 2. The molecule has 2 rings (SSSR count). The number of hydrogen-bond donors (Lipinski definition) is 1. The summed E-state index contributed by atoms with van der Waals surface area (Å²) in [6.45, 7) is 2.11. The third-order valence-corrected chi connectivity index (χ3v) is 2.54. The van der Waals surface area contributed by atoms with Crippen LogP contribution >= 0.6 is 0 Å². The summed E-state index contributed by atoms with van der Waals surface area (Å²) >= 11 is 0. The first-order valence-electron chi connectivity index (χ1n) is 5.02. The zero-order valence-corrected chi connectivity index (χ0v) is 8.94. The average Bonchev–Trinajstić information content (AvgIpc) is 2.61. The molecular weight excluding hydrogens is 188 g/mol. The number of phenols is 1. The first-order valence-corrected chi connectivity index (χ1v) is 5.02. The monoisotopic (exact) mass is 202 g/mol. The Morgan fingerprint density at radius 1 is 1.27 bits per heavy atom. The lowest BCUT2D eigenvalue weighted by atomic mass is 10.1. The van der Waals surface area contributed by atoms with Crippen LogP contribution in [0.5, 0.6) is 5.75 Å². The van der Waals surface area contributed by atoms with Gasteiger partial charge in [0.2, 0.25) is 0 Å². The summed E-state index contributed by atoms with van der Waals surface area (Å²) in [5.41, 5.74) is 3.44. The fourth-order valence-electron chi connectivity index (χ4n) is 1.73. The van der Waals surface area contributed by atoms with E-state index in [1.54, 1.807) is 12.1 Å². The van der Waals surface area contributed by atoms with Crippen LogP contribution in [0.2, 0.25) is 0 Å². The number of nitrogens with zero attached hydrogens (tertiary/aromatic N) is 2. The summed E-state index contributed by atoms with van der Waals surface area (Å²) in [6, 6.07) is 7.21. The van der Waals surface area contributed by atoms with Crippen molar-refractivity contribution >= 4 is 0 Å². The molecule has 15 heavy (non-hydrogen) atoms. The van der Waals surface area contributed by atoms with Crippen LogP contribution in [-0.4, -0.2) is 14.9 Å². The maximum atomic E-state index is 9.23. The van der Waals surface area contributed by atoms with Crippen LogP contribution < -0.4 is 0 Å². The van der Waals surface area contributed by atoms with Crippen LogP contribution in [0, 0.1) is 0 Å². The zero-order chi connectivity index (χ0) is 10.8. The summed E-state index contributed by atoms with van der Waals surface area (Å²) in [5.74, 6) is 0.291. The van der Waals surface area contributed by atoms with E-state index in [9.17, 15) is 5.11 Å². The Kier molecular flexibility index (Phi) is 2.46. The molecule has 1 aromatic carbocycles. The van der Waals surface area contributed by atoms with Gasteiger partial charge in [-0.2, -0.15) is 5.10 Å². The molecule has 3 nitrogen and oxygen atoms in total. The lowest BCUT2D eigenvalue weighted by molar-refractivity contribution is 0.475. The molecule has 0 aliphatic rings. The summed E-state index contributed by atoms with van der Waals surface area (Å²) in [5, 5.41) is 13.5. The summed E-state index contributed by atoms with van der Waals surface area (Å²) < 4.78 is 1.87. The molecule has 0 saturated carbocycles. The molecule has 0 spiro atoms. The molecule has 0 fully saturated rings. The minimum Gasteiger partial charge on any atom is -0.508 e. The lowest BCUT2D eigenvalue weighted by Crippen LogP contribution is -1.94. The first-order chi connectivity index (χ1) is 7.22. The van der Waals surface area contributed by atoms with Gasteiger partial charge in [0.15, 0.2) is 0 Å². The number of hydrogen-bond acceptors (Lipinski definition) is 2. The van der Waals surface area contributed by atoms with E-state index in [1.807, 2.05) is 30.1 Å². The number of aromatic hydroxyl groups is 1. The van der Waals surface area contributed by atoms with Gasteiger partial charge in [-0.3, -0.25) is 4.68 Å². The second kappa shape index (κ2) is 3.77. The Hall–Kier alpha value is -1.77. The highest BCUT2D eigenvalue weighted by Gasteiger charge is 2.08. The zero-order valence-electron chi connectivity index (χ0n) is 8.94. The number of phenolic OH excluding ortho intramolecular Hbond substituents is 1. The Bertz CT molecular complexity index is 457. The molecule has 0 radical (unpaired) electrons. The highest BCUT2D eigenvalue weighted by atomic mass is 16.3. The third-order valence-electron chi connectivity index (χ3n) is 2.54. The normalized spacial score (nSPS) is 10.5. The van der Waals surface area contributed by atoms with E-state index in [4.69, 9.17) is 0 Å². The van der Waals surface area contributed by atoms with Crippen LogP contribution in [0.25, 0.3) is 11.3 Å². The van der Waals surface area contributed by atoms with Gasteiger partial charge in [0, 0.05) is 12.6 Å². The van der Waals surface area contributed by atoms with Gasteiger partial charge in [-0.1, -0.05) is 6.92 Å². The van der Waals surface area contributed by atoms with Gasteiger partial charge < -0.3 is 5.11 Å². The molecule has 78 valence electrons. The van der Waals surface area contributed by atoms with E-state index >= 15 is 0 Å². The standard InChI is InChI=1S/C12H14N2O/c1-3-9-8-13-14(2)12(9)10-4-6-11(15)7-5-10/h4-8,15H,3H2,1-2H3. The molecule has 0 unspecified atom stereocenters. The van der Waals surface area contributed by atoms with Crippen molar-refractivity contribution < 1.29 is 5.11 Å². The molecule has 3 heteroatoms. The van der Waals surface area contributed by atoms with E-state index in [-0.39, 0.29) is 0 Å². The largest absolute Gasteiger partial charge is 0.508 e. The molecule has 1 aromatic heterocycles. The predicted octanol–water partition coefficient (Wildman–Crippen LogP) is 2.36. The average molecular weight is 202 g/mol. The van der Waals surface area contributed by atoms with E-state index < -0.39 is 0 Å². The molecule has 0 bridgehead atoms. The van der Waals surface area contributed by atoms with Gasteiger partial charge in [0.05, 0.1) is 11.9 Å². The lowest BCUT2D eigenvalue weighted by Gasteiger charge is -2.05. The van der Waals surface area contributed by atoms with E-state index in [0.717, 1.165) is 17.7 Å². The van der Waals surface area contributed by atoms with Gasteiger partial charge in [0.1, 0.15) is 5.75 Å². The van der Waals surface area contributed by atoms with Crippen molar-refractivity contribution in [1.29, 1.82) is 0 Å². The van der Waals surface area contributed by atoms with Gasteiger partial charge >= 0.3 is 0 Å². The molecule has 0 aliphatic heterocycles.